The molecule has 0 aliphatic carbocycles. The first-order chi connectivity index (χ1) is 11.3. The van der Waals surface area contributed by atoms with E-state index in [4.69, 9.17) is 9.57 Å². The van der Waals surface area contributed by atoms with Crippen LogP contribution in [0, 0.1) is 0 Å². The molecule has 0 radical (unpaired) electrons. The summed E-state index contributed by atoms with van der Waals surface area (Å²) < 4.78 is 5.19. The number of hydrogen-bond acceptors (Lipinski definition) is 4. The number of carbonyl (C=O) groups excluding carboxylic acids is 1. The van der Waals surface area contributed by atoms with Crippen LogP contribution in [0.2, 0.25) is 0 Å². The van der Waals surface area contributed by atoms with Crippen molar-refractivity contribution in [1.82, 2.24) is 0 Å². The zero-order valence-corrected chi connectivity index (χ0v) is 13.1. The van der Waals surface area contributed by atoms with Gasteiger partial charge in [0.25, 0.3) is 0 Å². The van der Waals surface area contributed by atoms with E-state index in [0.29, 0.717) is 18.7 Å². The molecule has 0 atom stereocenters. The topological polar surface area (TPSA) is 47.9 Å². The van der Waals surface area contributed by atoms with E-state index < -0.39 is 11.6 Å². The molecule has 1 aliphatic heterocycles. The molecule has 0 saturated heterocycles. The van der Waals surface area contributed by atoms with Crippen LogP contribution in [0.15, 0.2) is 65.8 Å². The van der Waals surface area contributed by atoms with E-state index in [-0.39, 0.29) is 0 Å². The molecule has 0 amide bonds. The number of benzene rings is 2. The molecule has 2 aromatic carbocycles. The molecule has 0 N–H and O–H groups in total. The molecular weight excluding hydrogens is 290 g/mol. The summed E-state index contributed by atoms with van der Waals surface area (Å²) in [6, 6.07) is 19.7. The molecular formula is C19H19NO3. The summed E-state index contributed by atoms with van der Waals surface area (Å²) in [5.41, 5.74) is 1.48. The lowest BCUT2D eigenvalue weighted by molar-refractivity contribution is -0.135. The molecule has 0 saturated carbocycles. The van der Waals surface area contributed by atoms with Gasteiger partial charge in [0.15, 0.2) is 11.3 Å². The van der Waals surface area contributed by atoms with Crippen molar-refractivity contribution in [2.24, 2.45) is 5.16 Å². The minimum Gasteiger partial charge on any atom is -0.461 e. The lowest BCUT2D eigenvalue weighted by atomic mass is 9.82. The third-order valence-electron chi connectivity index (χ3n) is 3.88. The molecule has 0 bridgehead atoms. The number of oxime groups is 1. The van der Waals surface area contributed by atoms with E-state index in [1.54, 1.807) is 0 Å². The minimum absolute atomic E-state index is 0.325. The number of esters is 1. The summed E-state index contributed by atoms with van der Waals surface area (Å²) in [5.74, 6) is -0.402. The van der Waals surface area contributed by atoms with E-state index in [0.717, 1.165) is 17.5 Å². The Balaban J connectivity index is 1.93. The molecule has 23 heavy (non-hydrogen) atoms. The van der Waals surface area contributed by atoms with Gasteiger partial charge in [0.1, 0.15) is 0 Å². The standard InChI is InChI=1S/C19H19NO3/c1-2-13-22-18(21)17-14-19(23-20-17,15-9-5-3-6-10-15)16-11-7-4-8-12-16/h3-12H,2,13-14H2,1H3. The predicted octanol–water partition coefficient (Wildman–Crippen LogP) is 3.66. The maximum absolute atomic E-state index is 12.1. The van der Waals surface area contributed by atoms with Crippen LogP contribution in [0.5, 0.6) is 0 Å². The monoisotopic (exact) mass is 309 g/mol. The van der Waals surface area contributed by atoms with Gasteiger partial charge >= 0.3 is 5.97 Å². The number of rotatable bonds is 5. The summed E-state index contributed by atoms with van der Waals surface area (Å²) in [4.78, 5) is 17.9. The van der Waals surface area contributed by atoms with E-state index in [1.807, 2.05) is 67.6 Å². The van der Waals surface area contributed by atoms with Crippen molar-refractivity contribution in [2.75, 3.05) is 6.61 Å². The molecule has 0 spiro atoms. The third-order valence-corrected chi connectivity index (χ3v) is 3.88. The second-order valence-electron chi connectivity index (χ2n) is 5.50. The molecule has 118 valence electrons. The van der Waals surface area contributed by atoms with Crippen molar-refractivity contribution in [3.63, 3.8) is 0 Å². The Morgan fingerprint density at radius 3 is 2.17 bits per heavy atom. The van der Waals surface area contributed by atoms with Crippen molar-refractivity contribution >= 4 is 11.7 Å². The highest BCUT2D eigenvalue weighted by Crippen LogP contribution is 2.41. The molecule has 0 aromatic heterocycles. The van der Waals surface area contributed by atoms with Gasteiger partial charge < -0.3 is 9.57 Å². The molecule has 1 aliphatic rings. The van der Waals surface area contributed by atoms with Gasteiger partial charge in [-0.25, -0.2) is 4.79 Å². The highest BCUT2D eigenvalue weighted by molar-refractivity contribution is 6.37. The summed E-state index contributed by atoms with van der Waals surface area (Å²) in [6.07, 6.45) is 1.14. The van der Waals surface area contributed by atoms with Crippen molar-refractivity contribution in [1.29, 1.82) is 0 Å². The van der Waals surface area contributed by atoms with Crippen LogP contribution in [0.3, 0.4) is 0 Å². The van der Waals surface area contributed by atoms with Crippen molar-refractivity contribution < 1.29 is 14.4 Å². The van der Waals surface area contributed by atoms with E-state index in [9.17, 15) is 4.79 Å². The van der Waals surface area contributed by atoms with Gasteiger partial charge in [0.05, 0.1) is 13.0 Å². The fraction of sp³-hybridized carbons (Fsp3) is 0.263. The number of hydrogen-bond donors (Lipinski definition) is 0. The maximum Gasteiger partial charge on any atom is 0.356 e. The summed E-state index contributed by atoms with van der Waals surface area (Å²) in [6.45, 7) is 2.35. The van der Waals surface area contributed by atoms with Gasteiger partial charge in [-0.05, 0) is 6.42 Å². The highest BCUT2D eigenvalue weighted by Gasteiger charge is 2.45. The first-order valence-corrected chi connectivity index (χ1v) is 7.79. The van der Waals surface area contributed by atoms with Crippen molar-refractivity contribution in [3.8, 4) is 0 Å². The second kappa shape index (κ2) is 6.65. The fourth-order valence-corrected chi connectivity index (χ4v) is 2.71. The molecule has 4 heteroatoms. The first-order valence-electron chi connectivity index (χ1n) is 7.79. The van der Waals surface area contributed by atoms with Gasteiger partial charge in [-0.1, -0.05) is 72.7 Å². The van der Waals surface area contributed by atoms with Crippen LogP contribution in [0.4, 0.5) is 0 Å². The lowest BCUT2D eigenvalue weighted by Gasteiger charge is -2.27. The average Bonchev–Trinajstić information content (AvgIpc) is 3.08. The van der Waals surface area contributed by atoms with E-state index in [2.05, 4.69) is 5.16 Å². The largest absolute Gasteiger partial charge is 0.461 e. The Labute approximate surface area is 135 Å². The van der Waals surface area contributed by atoms with Crippen molar-refractivity contribution in [3.05, 3.63) is 71.8 Å². The smallest absolute Gasteiger partial charge is 0.356 e. The van der Waals surface area contributed by atoms with Crippen LogP contribution in [0.25, 0.3) is 0 Å². The minimum atomic E-state index is -0.775. The lowest BCUT2D eigenvalue weighted by Crippen LogP contribution is -2.29. The van der Waals surface area contributed by atoms with Gasteiger partial charge in [-0.2, -0.15) is 0 Å². The van der Waals surface area contributed by atoms with E-state index in [1.165, 1.54) is 0 Å². The Kier molecular flexibility index (Phi) is 4.42. The summed E-state index contributed by atoms with van der Waals surface area (Å²) in [7, 11) is 0. The number of carbonyl (C=O) groups is 1. The van der Waals surface area contributed by atoms with Gasteiger partial charge in [0, 0.05) is 11.1 Å². The van der Waals surface area contributed by atoms with Gasteiger partial charge in [-0.15, -0.1) is 0 Å². The SMILES string of the molecule is CCCOC(=O)C1=NOC(c2ccccc2)(c2ccccc2)C1. The van der Waals surface area contributed by atoms with Gasteiger partial charge in [-0.3, -0.25) is 0 Å². The van der Waals surface area contributed by atoms with Crippen LogP contribution >= 0.6 is 0 Å². The molecule has 2 aromatic rings. The average molecular weight is 309 g/mol. The molecule has 0 fully saturated rings. The van der Waals surface area contributed by atoms with Crippen LogP contribution in [0.1, 0.15) is 30.9 Å². The summed E-state index contributed by atoms with van der Waals surface area (Å²) in [5, 5.41) is 4.04. The molecule has 1 heterocycles. The number of nitrogens with zero attached hydrogens (tertiary/aromatic N) is 1. The zero-order chi connectivity index (χ0) is 16.1. The Bertz CT molecular complexity index is 656. The van der Waals surface area contributed by atoms with Crippen LogP contribution in [-0.2, 0) is 20.0 Å². The fourth-order valence-electron chi connectivity index (χ4n) is 2.71. The number of ether oxygens (including phenoxy) is 1. The molecule has 0 unspecified atom stereocenters. The quantitative estimate of drug-likeness (QED) is 0.792. The predicted molar refractivity (Wildman–Crippen MR) is 88.1 cm³/mol. The van der Waals surface area contributed by atoms with Gasteiger partial charge in [0.2, 0.25) is 0 Å². The zero-order valence-electron chi connectivity index (χ0n) is 13.1. The second-order valence-corrected chi connectivity index (χ2v) is 5.50. The Hall–Kier alpha value is -2.62. The molecule has 3 rings (SSSR count). The highest BCUT2D eigenvalue weighted by atomic mass is 16.7. The normalized spacial score (nSPS) is 15.6. The van der Waals surface area contributed by atoms with E-state index >= 15 is 0 Å². The Morgan fingerprint density at radius 2 is 1.65 bits per heavy atom. The van der Waals surface area contributed by atoms with Crippen LogP contribution in [-0.4, -0.2) is 18.3 Å². The third kappa shape index (κ3) is 2.97. The first kappa shape index (κ1) is 15.3. The maximum atomic E-state index is 12.1. The summed E-state index contributed by atoms with van der Waals surface area (Å²) >= 11 is 0. The Morgan fingerprint density at radius 1 is 1.09 bits per heavy atom. The molecule has 4 nitrogen and oxygen atoms in total. The van der Waals surface area contributed by atoms with Crippen molar-refractivity contribution in [2.45, 2.75) is 25.4 Å². The van der Waals surface area contributed by atoms with Crippen LogP contribution < -0.4 is 0 Å².